The number of furan rings is 1. The molecular formula is C16H21FN2O. The summed E-state index contributed by atoms with van der Waals surface area (Å²) in [6.45, 7) is 5.44. The molecule has 0 saturated heterocycles. The molecular weight excluding hydrogens is 255 g/mol. The van der Waals surface area contributed by atoms with E-state index < -0.39 is 0 Å². The average molecular weight is 276 g/mol. The molecule has 1 heterocycles. The fraction of sp³-hybridized carbons (Fsp3) is 0.375. The molecule has 0 spiro atoms. The third-order valence-electron chi connectivity index (χ3n) is 3.55. The molecule has 1 atom stereocenters. The zero-order valence-electron chi connectivity index (χ0n) is 12.2. The van der Waals surface area contributed by atoms with Crippen LogP contribution in [0, 0.1) is 5.82 Å². The maximum absolute atomic E-state index is 14.2. The highest BCUT2D eigenvalue weighted by atomic mass is 19.1. The van der Waals surface area contributed by atoms with Gasteiger partial charge >= 0.3 is 0 Å². The van der Waals surface area contributed by atoms with E-state index in [1.807, 2.05) is 32.2 Å². The van der Waals surface area contributed by atoms with Crippen LogP contribution in [0.3, 0.4) is 0 Å². The first-order chi connectivity index (χ1) is 9.67. The van der Waals surface area contributed by atoms with Crippen molar-refractivity contribution in [1.82, 2.24) is 5.32 Å². The minimum absolute atomic E-state index is 0.0446. The lowest BCUT2D eigenvalue weighted by Crippen LogP contribution is -2.26. The van der Waals surface area contributed by atoms with E-state index in [1.165, 1.54) is 6.07 Å². The SMILES string of the molecule is CCN(Cc1ccco1)c1cccc(F)c1C(C)NC. The number of hydrogen-bond donors (Lipinski definition) is 1. The Bertz CT molecular complexity index is 539. The Labute approximate surface area is 119 Å². The summed E-state index contributed by atoms with van der Waals surface area (Å²) in [4.78, 5) is 2.12. The van der Waals surface area contributed by atoms with Gasteiger partial charge in [-0.25, -0.2) is 4.39 Å². The minimum Gasteiger partial charge on any atom is -0.467 e. The molecule has 0 fully saturated rings. The Hall–Kier alpha value is -1.81. The van der Waals surface area contributed by atoms with Gasteiger partial charge in [-0.2, -0.15) is 0 Å². The van der Waals surface area contributed by atoms with Crippen LogP contribution in [0.5, 0.6) is 0 Å². The molecule has 1 aromatic heterocycles. The Morgan fingerprint density at radius 2 is 2.10 bits per heavy atom. The topological polar surface area (TPSA) is 28.4 Å². The Kier molecular flexibility index (Phi) is 4.79. The standard InChI is InChI=1S/C16H21FN2O/c1-4-19(11-13-7-6-10-20-13)15-9-5-8-14(17)16(15)12(2)18-3/h5-10,12,18H,4,11H2,1-3H3. The van der Waals surface area contributed by atoms with Crippen LogP contribution < -0.4 is 10.2 Å². The van der Waals surface area contributed by atoms with Gasteiger partial charge in [0.15, 0.2) is 0 Å². The lowest BCUT2D eigenvalue weighted by Gasteiger charge is -2.27. The van der Waals surface area contributed by atoms with Crippen molar-refractivity contribution in [1.29, 1.82) is 0 Å². The quantitative estimate of drug-likeness (QED) is 0.871. The molecule has 0 saturated carbocycles. The van der Waals surface area contributed by atoms with Gasteiger partial charge in [0.05, 0.1) is 12.8 Å². The molecule has 1 N–H and O–H groups in total. The van der Waals surface area contributed by atoms with Crippen molar-refractivity contribution >= 4 is 5.69 Å². The van der Waals surface area contributed by atoms with E-state index in [9.17, 15) is 4.39 Å². The molecule has 1 unspecified atom stereocenters. The molecule has 3 nitrogen and oxygen atoms in total. The van der Waals surface area contributed by atoms with E-state index in [-0.39, 0.29) is 11.9 Å². The molecule has 2 aromatic rings. The maximum Gasteiger partial charge on any atom is 0.130 e. The molecule has 0 radical (unpaired) electrons. The van der Waals surface area contributed by atoms with Crippen molar-refractivity contribution in [2.45, 2.75) is 26.4 Å². The number of rotatable bonds is 6. The molecule has 0 aliphatic heterocycles. The zero-order chi connectivity index (χ0) is 14.5. The first kappa shape index (κ1) is 14.6. The van der Waals surface area contributed by atoms with Gasteiger partial charge in [0.1, 0.15) is 11.6 Å². The molecule has 2 rings (SSSR count). The third kappa shape index (κ3) is 3.02. The lowest BCUT2D eigenvalue weighted by atomic mass is 10.0. The van der Waals surface area contributed by atoms with Gasteiger partial charge in [-0.15, -0.1) is 0 Å². The summed E-state index contributed by atoms with van der Waals surface area (Å²) in [6.07, 6.45) is 1.66. The second kappa shape index (κ2) is 6.57. The first-order valence-corrected chi connectivity index (χ1v) is 6.90. The number of hydrogen-bond acceptors (Lipinski definition) is 3. The van der Waals surface area contributed by atoms with Crippen LogP contribution >= 0.6 is 0 Å². The Morgan fingerprint density at radius 3 is 2.70 bits per heavy atom. The van der Waals surface area contributed by atoms with Gasteiger partial charge in [0, 0.05) is 23.8 Å². The Morgan fingerprint density at radius 1 is 1.30 bits per heavy atom. The van der Waals surface area contributed by atoms with Crippen molar-refractivity contribution in [2.24, 2.45) is 0 Å². The average Bonchev–Trinajstić information content (AvgIpc) is 2.96. The molecule has 0 amide bonds. The predicted molar refractivity (Wildman–Crippen MR) is 79.3 cm³/mol. The third-order valence-corrected chi connectivity index (χ3v) is 3.55. The van der Waals surface area contributed by atoms with Gasteiger partial charge in [-0.1, -0.05) is 6.07 Å². The van der Waals surface area contributed by atoms with Crippen LogP contribution in [0.15, 0.2) is 41.0 Å². The van der Waals surface area contributed by atoms with Crippen LogP contribution in [0.4, 0.5) is 10.1 Å². The van der Waals surface area contributed by atoms with Crippen LogP contribution in [0.1, 0.15) is 31.2 Å². The normalized spacial score (nSPS) is 12.4. The van der Waals surface area contributed by atoms with Crippen molar-refractivity contribution in [3.8, 4) is 0 Å². The second-order valence-electron chi connectivity index (χ2n) is 4.78. The van der Waals surface area contributed by atoms with E-state index >= 15 is 0 Å². The number of halogens is 1. The van der Waals surface area contributed by atoms with Crippen molar-refractivity contribution in [3.05, 3.63) is 53.7 Å². The van der Waals surface area contributed by atoms with Crippen molar-refractivity contribution < 1.29 is 8.81 Å². The molecule has 1 aromatic carbocycles. The predicted octanol–water partition coefficient (Wildman–Crippen LogP) is 3.73. The van der Waals surface area contributed by atoms with E-state index in [4.69, 9.17) is 4.42 Å². The highest BCUT2D eigenvalue weighted by Crippen LogP contribution is 2.29. The van der Waals surface area contributed by atoms with Gasteiger partial charge in [0.2, 0.25) is 0 Å². The fourth-order valence-electron chi connectivity index (χ4n) is 2.33. The van der Waals surface area contributed by atoms with E-state index in [2.05, 4.69) is 17.1 Å². The van der Waals surface area contributed by atoms with Crippen LogP contribution in [0.2, 0.25) is 0 Å². The highest BCUT2D eigenvalue weighted by molar-refractivity contribution is 5.55. The first-order valence-electron chi connectivity index (χ1n) is 6.90. The van der Waals surface area contributed by atoms with Crippen LogP contribution in [-0.2, 0) is 6.54 Å². The van der Waals surface area contributed by atoms with Gasteiger partial charge in [-0.3, -0.25) is 0 Å². The zero-order valence-corrected chi connectivity index (χ0v) is 12.2. The summed E-state index contributed by atoms with van der Waals surface area (Å²) in [5.41, 5.74) is 1.61. The molecule has 108 valence electrons. The van der Waals surface area contributed by atoms with Crippen LogP contribution in [-0.4, -0.2) is 13.6 Å². The molecule has 20 heavy (non-hydrogen) atoms. The summed E-state index contributed by atoms with van der Waals surface area (Å²) in [5, 5.41) is 3.11. The summed E-state index contributed by atoms with van der Waals surface area (Å²) in [6, 6.07) is 8.97. The van der Waals surface area contributed by atoms with Gasteiger partial charge < -0.3 is 14.6 Å². The molecule has 0 bridgehead atoms. The lowest BCUT2D eigenvalue weighted by molar-refractivity contribution is 0.501. The summed E-state index contributed by atoms with van der Waals surface area (Å²) in [5.74, 6) is 0.696. The molecule has 0 aliphatic rings. The largest absolute Gasteiger partial charge is 0.467 e. The summed E-state index contributed by atoms with van der Waals surface area (Å²) < 4.78 is 19.6. The minimum atomic E-state index is -0.178. The van der Waals surface area contributed by atoms with E-state index in [0.717, 1.165) is 18.0 Å². The number of benzene rings is 1. The smallest absolute Gasteiger partial charge is 0.130 e. The number of nitrogens with zero attached hydrogens (tertiary/aromatic N) is 1. The van der Waals surface area contributed by atoms with E-state index in [0.29, 0.717) is 12.1 Å². The van der Waals surface area contributed by atoms with Crippen molar-refractivity contribution in [3.63, 3.8) is 0 Å². The summed E-state index contributed by atoms with van der Waals surface area (Å²) >= 11 is 0. The monoisotopic (exact) mass is 276 g/mol. The van der Waals surface area contributed by atoms with Gasteiger partial charge in [-0.05, 0) is 45.2 Å². The molecule has 4 heteroatoms. The number of nitrogens with one attached hydrogen (secondary N) is 1. The van der Waals surface area contributed by atoms with Gasteiger partial charge in [0.25, 0.3) is 0 Å². The maximum atomic E-state index is 14.2. The molecule has 0 aliphatic carbocycles. The number of anilines is 1. The highest BCUT2D eigenvalue weighted by Gasteiger charge is 2.18. The fourth-order valence-corrected chi connectivity index (χ4v) is 2.33. The second-order valence-corrected chi connectivity index (χ2v) is 4.78. The summed E-state index contributed by atoms with van der Waals surface area (Å²) in [7, 11) is 1.84. The Balaban J connectivity index is 2.36. The van der Waals surface area contributed by atoms with Crippen molar-refractivity contribution in [2.75, 3.05) is 18.5 Å². The van der Waals surface area contributed by atoms with Crippen LogP contribution in [0.25, 0.3) is 0 Å². The van der Waals surface area contributed by atoms with E-state index in [1.54, 1.807) is 12.3 Å².